The second-order valence-electron chi connectivity index (χ2n) is 6.14. The molecule has 1 aromatic heterocycles. The molecule has 6 nitrogen and oxygen atoms in total. The number of imidazole rings is 1. The predicted molar refractivity (Wildman–Crippen MR) is 108 cm³/mol. The largest absolute Gasteiger partial charge is 0.507 e. The number of hydrogen-bond acceptors (Lipinski definition) is 4. The second-order valence-corrected chi connectivity index (χ2v) is 6.58. The van der Waals surface area contributed by atoms with Crippen molar-refractivity contribution in [3.05, 3.63) is 87.9 Å². The number of phenolic OH excluding ortho intramolecular Hbond substituents is 1. The number of hydrogen-bond donors (Lipinski definition) is 2. The Morgan fingerprint density at radius 3 is 2.43 bits per heavy atom. The number of rotatable bonds is 4. The first-order chi connectivity index (χ1) is 13.5. The predicted octanol–water partition coefficient (Wildman–Crippen LogP) is 5.68. The van der Waals surface area contributed by atoms with Crippen LogP contribution in [0.1, 0.15) is 0 Å². The van der Waals surface area contributed by atoms with Crippen molar-refractivity contribution in [2.45, 2.75) is 0 Å². The quantitative estimate of drug-likeness (QED) is 0.346. The monoisotopic (exact) mass is 391 g/mol. The van der Waals surface area contributed by atoms with E-state index in [1.165, 1.54) is 18.2 Å². The number of nitro benzene ring substituents is 1. The molecule has 0 aliphatic heterocycles. The van der Waals surface area contributed by atoms with Crippen molar-refractivity contribution in [1.82, 2.24) is 9.97 Å². The summed E-state index contributed by atoms with van der Waals surface area (Å²) < 4.78 is 0. The van der Waals surface area contributed by atoms with Crippen LogP contribution in [0, 0.1) is 10.1 Å². The van der Waals surface area contributed by atoms with Crippen molar-refractivity contribution >= 4 is 17.3 Å². The van der Waals surface area contributed by atoms with Crippen molar-refractivity contribution in [2.24, 2.45) is 0 Å². The van der Waals surface area contributed by atoms with Crippen molar-refractivity contribution in [1.29, 1.82) is 0 Å². The van der Waals surface area contributed by atoms with Crippen molar-refractivity contribution < 1.29 is 10.0 Å². The third kappa shape index (κ3) is 3.33. The average molecular weight is 392 g/mol. The SMILES string of the molecule is O=[N+]([O-])c1ccc(O)c(-c2nc(-c3cccc(Cl)c3)c(-c3ccccc3)[nH]2)c1. The van der Waals surface area contributed by atoms with E-state index in [0.29, 0.717) is 16.5 Å². The van der Waals surface area contributed by atoms with Crippen LogP contribution in [0.5, 0.6) is 5.75 Å². The first-order valence-electron chi connectivity index (χ1n) is 8.42. The van der Waals surface area contributed by atoms with Gasteiger partial charge in [-0.1, -0.05) is 54.1 Å². The number of aromatic hydroxyl groups is 1. The molecule has 7 heteroatoms. The van der Waals surface area contributed by atoms with E-state index < -0.39 is 4.92 Å². The standard InChI is InChI=1S/C21H14ClN3O3/c22-15-8-4-7-14(11-15)20-19(13-5-2-1-3-6-13)23-21(24-20)17-12-16(25(27)28)9-10-18(17)26/h1-12,26H,(H,23,24). The highest BCUT2D eigenvalue weighted by molar-refractivity contribution is 6.30. The molecule has 4 aromatic rings. The lowest BCUT2D eigenvalue weighted by molar-refractivity contribution is -0.384. The summed E-state index contributed by atoms with van der Waals surface area (Å²) in [6.45, 7) is 0. The van der Waals surface area contributed by atoms with E-state index in [0.717, 1.165) is 16.8 Å². The molecule has 4 rings (SSSR count). The molecule has 0 amide bonds. The van der Waals surface area contributed by atoms with Crippen LogP contribution >= 0.6 is 11.6 Å². The van der Waals surface area contributed by atoms with Crippen LogP contribution in [0.3, 0.4) is 0 Å². The number of non-ortho nitro benzene ring substituents is 1. The number of nitro groups is 1. The first kappa shape index (κ1) is 17.8. The summed E-state index contributed by atoms with van der Waals surface area (Å²) in [6.07, 6.45) is 0. The summed E-state index contributed by atoms with van der Waals surface area (Å²) in [4.78, 5) is 18.5. The summed E-state index contributed by atoms with van der Waals surface area (Å²) in [6, 6.07) is 20.7. The van der Waals surface area contributed by atoms with E-state index in [1.807, 2.05) is 42.5 Å². The van der Waals surface area contributed by atoms with Gasteiger partial charge in [-0.25, -0.2) is 4.98 Å². The number of nitrogens with zero attached hydrogens (tertiary/aromatic N) is 2. The number of aromatic amines is 1. The molecule has 0 saturated carbocycles. The highest BCUT2D eigenvalue weighted by Gasteiger charge is 2.19. The molecule has 3 aromatic carbocycles. The van der Waals surface area contributed by atoms with Gasteiger partial charge in [0.05, 0.1) is 21.9 Å². The van der Waals surface area contributed by atoms with Gasteiger partial charge in [0.15, 0.2) is 0 Å². The number of benzene rings is 3. The van der Waals surface area contributed by atoms with E-state index in [9.17, 15) is 15.2 Å². The third-order valence-electron chi connectivity index (χ3n) is 4.31. The summed E-state index contributed by atoms with van der Waals surface area (Å²) >= 11 is 6.14. The zero-order chi connectivity index (χ0) is 19.7. The molecule has 0 spiro atoms. The summed E-state index contributed by atoms with van der Waals surface area (Å²) in [5.74, 6) is 0.228. The van der Waals surface area contributed by atoms with Crippen LogP contribution in [0.15, 0.2) is 72.8 Å². The fraction of sp³-hybridized carbons (Fsp3) is 0. The zero-order valence-corrected chi connectivity index (χ0v) is 15.2. The Kier molecular flexibility index (Phi) is 4.55. The lowest BCUT2D eigenvalue weighted by Crippen LogP contribution is -1.90. The van der Waals surface area contributed by atoms with Crippen LogP contribution < -0.4 is 0 Å². The van der Waals surface area contributed by atoms with Crippen molar-refractivity contribution in [3.8, 4) is 39.7 Å². The van der Waals surface area contributed by atoms with E-state index in [1.54, 1.807) is 12.1 Å². The topological polar surface area (TPSA) is 92.1 Å². The molecule has 0 fully saturated rings. The molecule has 1 heterocycles. The maximum Gasteiger partial charge on any atom is 0.270 e. The second kappa shape index (κ2) is 7.17. The normalized spacial score (nSPS) is 10.8. The molecule has 28 heavy (non-hydrogen) atoms. The van der Waals surface area contributed by atoms with E-state index in [-0.39, 0.29) is 17.0 Å². The molecule has 0 atom stereocenters. The van der Waals surface area contributed by atoms with Crippen LogP contribution in [-0.4, -0.2) is 20.0 Å². The van der Waals surface area contributed by atoms with Gasteiger partial charge in [0.2, 0.25) is 0 Å². The average Bonchev–Trinajstić information content (AvgIpc) is 3.14. The Morgan fingerprint density at radius 1 is 0.964 bits per heavy atom. The van der Waals surface area contributed by atoms with E-state index in [2.05, 4.69) is 9.97 Å². The van der Waals surface area contributed by atoms with Gasteiger partial charge in [-0.05, 0) is 18.2 Å². The van der Waals surface area contributed by atoms with Crippen molar-refractivity contribution in [3.63, 3.8) is 0 Å². The molecule has 2 N–H and O–H groups in total. The van der Waals surface area contributed by atoms with Gasteiger partial charge in [0.1, 0.15) is 11.6 Å². The third-order valence-corrected chi connectivity index (χ3v) is 4.55. The molecule has 0 saturated heterocycles. The Labute approximate surface area is 165 Å². The van der Waals surface area contributed by atoms with Crippen LogP contribution in [0.2, 0.25) is 5.02 Å². The van der Waals surface area contributed by atoms with Gasteiger partial charge in [-0.15, -0.1) is 0 Å². The minimum Gasteiger partial charge on any atom is -0.507 e. The fourth-order valence-corrected chi connectivity index (χ4v) is 3.18. The van der Waals surface area contributed by atoms with Crippen LogP contribution in [0.4, 0.5) is 5.69 Å². The Morgan fingerprint density at radius 2 is 1.71 bits per heavy atom. The number of halogens is 1. The molecule has 0 radical (unpaired) electrons. The fourth-order valence-electron chi connectivity index (χ4n) is 2.99. The lowest BCUT2D eigenvalue weighted by atomic mass is 10.1. The van der Waals surface area contributed by atoms with Crippen LogP contribution in [0.25, 0.3) is 33.9 Å². The zero-order valence-electron chi connectivity index (χ0n) is 14.5. The number of H-pyrrole nitrogens is 1. The lowest BCUT2D eigenvalue weighted by Gasteiger charge is -2.03. The Hall–Kier alpha value is -3.64. The Balaban J connectivity index is 1.94. The van der Waals surface area contributed by atoms with Crippen LogP contribution in [-0.2, 0) is 0 Å². The Bertz CT molecular complexity index is 1170. The van der Waals surface area contributed by atoms with Gasteiger partial charge < -0.3 is 10.1 Å². The van der Waals surface area contributed by atoms with Gasteiger partial charge in [0.25, 0.3) is 5.69 Å². The molecule has 0 bridgehead atoms. The number of phenols is 1. The maximum atomic E-state index is 11.1. The minimum absolute atomic E-state index is 0.100. The summed E-state index contributed by atoms with van der Waals surface area (Å²) in [5.41, 5.74) is 3.16. The van der Waals surface area contributed by atoms with E-state index >= 15 is 0 Å². The molecule has 138 valence electrons. The van der Waals surface area contributed by atoms with Gasteiger partial charge in [-0.3, -0.25) is 10.1 Å². The molecular weight excluding hydrogens is 378 g/mol. The summed E-state index contributed by atoms with van der Waals surface area (Å²) in [5, 5.41) is 21.9. The minimum atomic E-state index is -0.512. The van der Waals surface area contributed by atoms with E-state index in [4.69, 9.17) is 11.6 Å². The maximum absolute atomic E-state index is 11.1. The molecule has 0 unspecified atom stereocenters. The molecular formula is C21H14ClN3O3. The summed E-state index contributed by atoms with van der Waals surface area (Å²) in [7, 11) is 0. The van der Waals surface area contributed by atoms with Gasteiger partial charge >= 0.3 is 0 Å². The molecule has 0 aliphatic carbocycles. The molecule has 0 aliphatic rings. The number of nitrogens with one attached hydrogen (secondary N) is 1. The highest BCUT2D eigenvalue weighted by atomic mass is 35.5. The van der Waals surface area contributed by atoms with Gasteiger partial charge in [-0.2, -0.15) is 0 Å². The smallest absolute Gasteiger partial charge is 0.270 e. The van der Waals surface area contributed by atoms with Gasteiger partial charge in [0, 0.05) is 28.3 Å². The highest BCUT2D eigenvalue weighted by Crippen LogP contribution is 2.37. The first-order valence-corrected chi connectivity index (χ1v) is 8.80. The number of aromatic nitrogens is 2. The van der Waals surface area contributed by atoms with Crippen molar-refractivity contribution in [2.75, 3.05) is 0 Å².